The highest BCUT2D eigenvalue weighted by atomic mass is 32.1. The molecule has 0 saturated heterocycles. The van der Waals surface area contributed by atoms with E-state index in [1.807, 2.05) is 61.6 Å². The van der Waals surface area contributed by atoms with Gasteiger partial charge in [-0.2, -0.15) is 0 Å². The van der Waals surface area contributed by atoms with Crippen molar-refractivity contribution in [3.8, 4) is 0 Å². The lowest BCUT2D eigenvalue weighted by Crippen LogP contribution is -2.09. The second-order valence-corrected chi connectivity index (χ2v) is 5.44. The van der Waals surface area contributed by atoms with Crippen molar-refractivity contribution in [2.75, 3.05) is 19.0 Å². The summed E-state index contributed by atoms with van der Waals surface area (Å²) in [5.74, 6) is 0. The van der Waals surface area contributed by atoms with Gasteiger partial charge in [-0.1, -0.05) is 12.1 Å². The quantitative estimate of drug-likeness (QED) is 0.900. The van der Waals surface area contributed by atoms with Crippen molar-refractivity contribution >= 4 is 17.0 Å². The average molecular weight is 247 g/mol. The third-order valence-electron chi connectivity index (χ3n) is 2.90. The Balaban J connectivity index is 2.34. The maximum absolute atomic E-state index is 10.4. The molecule has 0 spiro atoms. The molecule has 2 nitrogen and oxygen atoms in total. The van der Waals surface area contributed by atoms with Crippen LogP contribution in [-0.2, 0) is 0 Å². The van der Waals surface area contributed by atoms with E-state index >= 15 is 0 Å². The van der Waals surface area contributed by atoms with Crippen LogP contribution in [0.3, 0.4) is 0 Å². The van der Waals surface area contributed by atoms with Crippen LogP contribution in [0.2, 0.25) is 0 Å². The number of aliphatic hydroxyl groups excluding tert-OH is 1. The molecule has 0 aliphatic heterocycles. The van der Waals surface area contributed by atoms with E-state index in [2.05, 4.69) is 0 Å². The number of nitrogens with zero attached hydrogens (tertiary/aromatic N) is 1. The fourth-order valence-corrected chi connectivity index (χ4v) is 2.57. The van der Waals surface area contributed by atoms with Gasteiger partial charge in [-0.3, -0.25) is 0 Å². The number of aliphatic hydroxyl groups is 1. The van der Waals surface area contributed by atoms with Crippen molar-refractivity contribution in [3.63, 3.8) is 0 Å². The van der Waals surface area contributed by atoms with Crippen LogP contribution in [0.4, 0.5) is 5.69 Å². The average Bonchev–Trinajstić information content (AvgIpc) is 2.74. The first-order chi connectivity index (χ1) is 8.09. The van der Waals surface area contributed by atoms with Gasteiger partial charge in [0.1, 0.15) is 6.10 Å². The Morgan fingerprint density at radius 1 is 1.24 bits per heavy atom. The van der Waals surface area contributed by atoms with Crippen molar-refractivity contribution in [1.29, 1.82) is 0 Å². The summed E-state index contributed by atoms with van der Waals surface area (Å²) < 4.78 is 0. The minimum atomic E-state index is -0.527. The molecule has 17 heavy (non-hydrogen) atoms. The zero-order chi connectivity index (χ0) is 12.4. The standard InChI is InChI=1S/C14H17NOS/c1-10-13(7-8-17-10)14(16)11-5-4-6-12(9-11)15(2)3/h4-9,14,16H,1-3H3. The smallest absolute Gasteiger partial charge is 0.105 e. The summed E-state index contributed by atoms with van der Waals surface area (Å²) in [7, 11) is 4.00. The Morgan fingerprint density at radius 3 is 2.59 bits per heavy atom. The molecule has 1 N–H and O–H groups in total. The zero-order valence-corrected chi connectivity index (χ0v) is 11.2. The highest BCUT2D eigenvalue weighted by Crippen LogP contribution is 2.29. The molecule has 0 radical (unpaired) electrons. The summed E-state index contributed by atoms with van der Waals surface area (Å²) in [5, 5.41) is 12.4. The molecule has 0 bridgehead atoms. The second-order valence-electron chi connectivity index (χ2n) is 4.32. The van der Waals surface area contributed by atoms with Gasteiger partial charge in [0.2, 0.25) is 0 Å². The minimum Gasteiger partial charge on any atom is -0.384 e. The predicted molar refractivity (Wildman–Crippen MR) is 73.9 cm³/mol. The first-order valence-corrected chi connectivity index (χ1v) is 6.47. The van der Waals surface area contributed by atoms with Crippen molar-refractivity contribution in [2.24, 2.45) is 0 Å². The third kappa shape index (κ3) is 2.51. The molecule has 0 fully saturated rings. The van der Waals surface area contributed by atoms with E-state index in [-0.39, 0.29) is 0 Å². The fourth-order valence-electron chi connectivity index (χ4n) is 1.83. The Morgan fingerprint density at radius 2 is 2.00 bits per heavy atom. The van der Waals surface area contributed by atoms with Crippen LogP contribution in [0.1, 0.15) is 22.1 Å². The largest absolute Gasteiger partial charge is 0.384 e. The number of benzene rings is 1. The first kappa shape index (κ1) is 12.1. The number of hydrogen-bond donors (Lipinski definition) is 1. The van der Waals surface area contributed by atoms with Crippen LogP contribution < -0.4 is 4.90 Å². The van der Waals surface area contributed by atoms with E-state index in [0.717, 1.165) is 16.8 Å². The molecule has 1 aromatic carbocycles. The van der Waals surface area contributed by atoms with Gasteiger partial charge in [0.05, 0.1) is 0 Å². The van der Waals surface area contributed by atoms with E-state index in [9.17, 15) is 5.11 Å². The van der Waals surface area contributed by atoms with Crippen LogP contribution in [0.25, 0.3) is 0 Å². The molecular formula is C14H17NOS. The monoisotopic (exact) mass is 247 g/mol. The van der Waals surface area contributed by atoms with Gasteiger partial charge in [0.15, 0.2) is 0 Å². The molecule has 90 valence electrons. The van der Waals surface area contributed by atoms with Crippen molar-refractivity contribution in [2.45, 2.75) is 13.0 Å². The first-order valence-electron chi connectivity index (χ1n) is 5.59. The fraction of sp³-hybridized carbons (Fsp3) is 0.286. The Bertz CT molecular complexity index is 504. The van der Waals surface area contributed by atoms with E-state index in [1.165, 1.54) is 4.88 Å². The van der Waals surface area contributed by atoms with Crippen molar-refractivity contribution in [1.82, 2.24) is 0 Å². The van der Waals surface area contributed by atoms with Crippen LogP contribution in [0.5, 0.6) is 0 Å². The number of hydrogen-bond acceptors (Lipinski definition) is 3. The Hall–Kier alpha value is -1.32. The van der Waals surface area contributed by atoms with Gasteiger partial charge in [0, 0.05) is 24.7 Å². The second kappa shape index (κ2) is 4.90. The zero-order valence-electron chi connectivity index (χ0n) is 10.3. The molecule has 2 rings (SSSR count). The molecule has 3 heteroatoms. The number of anilines is 1. The summed E-state index contributed by atoms with van der Waals surface area (Å²) in [6, 6.07) is 10.0. The topological polar surface area (TPSA) is 23.5 Å². The maximum atomic E-state index is 10.4. The molecule has 0 aliphatic carbocycles. The lowest BCUT2D eigenvalue weighted by molar-refractivity contribution is 0.220. The summed E-state index contributed by atoms with van der Waals surface area (Å²) >= 11 is 1.67. The summed E-state index contributed by atoms with van der Waals surface area (Å²) in [5.41, 5.74) is 3.05. The van der Waals surface area contributed by atoms with Gasteiger partial charge >= 0.3 is 0 Å². The Labute approximate surface area is 106 Å². The number of aryl methyl sites for hydroxylation is 1. The molecule has 1 unspecified atom stereocenters. The molecule has 0 aliphatic rings. The normalized spacial score (nSPS) is 12.5. The van der Waals surface area contributed by atoms with Crippen LogP contribution in [0, 0.1) is 6.92 Å². The molecule has 0 saturated carbocycles. The highest BCUT2D eigenvalue weighted by Gasteiger charge is 2.14. The van der Waals surface area contributed by atoms with Gasteiger partial charge in [-0.15, -0.1) is 11.3 Å². The van der Waals surface area contributed by atoms with Crippen LogP contribution in [0.15, 0.2) is 35.7 Å². The maximum Gasteiger partial charge on any atom is 0.105 e. The molecule has 1 aromatic heterocycles. The van der Waals surface area contributed by atoms with Gasteiger partial charge in [-0.05, 0) is 41.6 Å². The van der Waals surface area contributed by atoms with E-state index in [4.69, 9.17) is 0 Å². The summed E-state index contributed by atoms with van der Waals surface area (Å²) in [6.07, 6.45) is -0.527. The molecule has 1 atom stereocenters. The van der Waals surface area contributed by atoms with E-state index in [0.29, 0.717) is 0 Å². The Kier molecular flexibility index (Phi) is 3.50. The molecule has 0 amide bonds. The SMILES string of the molecule is Cc1sccc1C(O)c1cccc(N(C)C)c1. The third-order valence-corrected chi connectivity index (χ3v) is 3.76. The van der Waals surface area contributed by atoms with E-state index < -0.39 is 6.10 Å². The highest BCUT2D eigenvalue weighted by molar-refractivity contribution is 7.10. The lowest BCUT2D eigenvalue weighted by atomic mass is 10.0. The van der Waals surface area contributed by atoms with Gasteiger partial charge in [-0.25, -0.2) is 0 Å². The minimum absolute atomic E-state index is 0.527. The van der Waals surface area contributed by atoms with Crippen molar-refractivity contribution in [3.05, 3.63) is 51.7 Å². The van der Waals surface area contributed by atoms with Crippen molar-refractivity contribution < 1.29 is 5.11 Å². The molecule has 2 aromatic rings. The van der Waals surface area contributed by atoms with Gasteiger partial charge < -0.3 is 10.0 Å². The molecular weight excluding hydrogens is 230 g/mol. The number of thiophene rings is 1. The van der Waals surface area contributed by atoms with Gasteiger partial charge in [0.25, 0.3) is 0 Å². The van der Waals surface area contributed by atoms with E-state index in [1.54, 1.807) is 11.3 Å². The van der Waals surface area contributed by atoms with Crippen LogP contribution >= 0.6 is 11.3 Å². The molecule has 1 heterocycles. The lowest BCUT2D eigenvalue weighted by Gasteiger charge is -2.16. The number of rotatable bonds is 3. The summed E-state index contributed by atoms with van der Waals surface area (Å²) in [4.78, 5) is 3.21. The predicted octanol–water partition coefficient (Wildman–Crippen LogP) is 3.20. The van der Waals surface area contributed by atoms with Crippen LogP contribution in [-0.4, -0.2) is 19.2 Å². The summed E-state index contributed by atoms with van der Waals surface area (Å²) in [6.45, 7) is 2.04.